The molecule has 4 N–H and O–H groups in total. The molecule has 2 aromatic rings. The van der Waals surface area contributed by atoms with Crippen LogP contribution in [0, 0.1) is 18.6 Å². The van der Waals surface area contributed by atoms with Gasteiger partial charge in [-0.3, -0.25) is 10.1 Å². The number of aryl methyl sites for hydroxylation is 1. The molecule has 9 nitrogen and oxygen atoms in total. The van der Waals surface area contributed by atoms with E-state index in [9.17, 15) is 18.4 Å². The zero-order valence-electron chi connectivity index (χ0n) is 20.0. The molecular formula is C23H32F2N6O3S. The maximum Gasteiger partial charge on any atom is 0.319 e. The van der Waals surface area contributed by atoms with Crippen molar-refractivity contribution in [2.45, 2.75) is 32.8 Å². The Balaban J connectivity index is 1.44. The van der Waals surface area contributed by atoms with Gasteiger partial charge in [-0.15, -0.1) is 0 Å². The van der Waals surface area contributed by atoms with Gasteiger partial charge < -0.3 is 25.6 Å². The molecule has 1 aliphatic rings. The lowest BCUT2D eigenvalue weighted by Crippen LogP contribution is -2.44. The van der Waals surface area contributed by atoms with Crippen molar-refractivity contribution in [3.63, 3.8) is 0 Å². The minimum Gasteiger partial charge on any atom is -0.471 e. The SMILES string of the molecule is Cc1cc(F)c(COc2nsc(NC(=O)NCCCCCN3CCN(C)CC3)c2C(N)=O)c(F)c1. The van der Waals surface area contributed by atoms with Crippen molar-refractivity contribution in [2.24, 2.45) is 5.73 Å². The van der Waals surface area contributed by atoms with Crippen LogP contribution in [0.3, 0.4) is 0 Å². The van der Waals surface area contributed by atoms with E-state index in [1.807, 2.05) is 0 Å². The fourth-order valence-electron chi connectivity index (χ4n) is 3.74. The zero-order valence-corrected chi connectivity index (χ0v) is 20.9. The first-order valence-corrected chi connectivity index (χ1v) is 12.3. The van der Waals surface area contributed by atoms with Crippen LogP contribution in [0.25, 0.3) is 0 Å². The zero-order chi connectivity index (χ0) is 25.4. The van der Waals surface area contributed by atoms with Crippen molar-refractivity contribution in [3.05, 3.63) is 40.5 Å². The molecule has 1 saturated heterocycles. The molecule has 0 unspecified atom stereocenters. The Morgan fingerprint density at radius 1 is 1.14 bits per heavy atom. The number of benzene rings is 1. The molecule has 1 aliphatic heterocycles. The summed E-state index contributed by atoms with van der Waals surface area (Å²) < 4.78 is 37.5. The van der Waals surface area contributed by atoms with Gasteiger partial charge in [-0.2, -0.15) is 4.37 Å². The molecule has 0 spiro atoms. The summed E-state index contributed by atoms with van der Waals surface area (Å²) in [6, 6.07) is 1.86. The Hall–Kier alpha value is -2.83. The third kappa shape index (κ3) is 7.84. The number of urea groups is 1. The van der Waals surface area contributed by atoms with Crippen molar-refractivity contribution in [1.82, 2.24) is 19.5 Å². The number of primary amides is 1. The number of anilines is 1. The standard InChI is InChI=1S/C23H32F2N6O3S/c1-15-12-17(24)16(18(25)13-15)14-34-21-19(20(26)32)22(35-29-21)28-23(33)27-6-4-3-5-7-31-10-8-30(2)9-11-31/h12-13H,3-11,14H2,1-2H3,(H2,26,32)(H2,27,28,33). The van der Waals surface area contributed by atoms with Gasteiger partial charge in [-0.25, -0.2) is 13.6 Å². The van der Waals surface area contributed by atoms with Gasteiger partial charge in [0.2, 0.25) is 5.88 Å². The average Bonchev–Trinajstić information content (AvgIpc) is 3.19. The highest BCUT2D eigenvalue weighted by Crippen LogP contribution is 2.31. The number of nitrogens with one attached hydrogen (secondary N) is 2. The van der Waals surface area contributed by atoms with E-state index in [4.69, 9.17) is 10.5 Å². The number of aromatic nitrogens is 1. The molecule has 1 fully saturated rings. The van der Waals surface area contributed by atoms with Crippen LogP contribution in [0.2, 0.25) is 0 Å². The molecule has 3 rings (SSSR count). The maximum absolute atomic E-state index is 14.1. The van der Waals surface area contributed by atoms with Gasteiger partial charge in [-0.1, -0.05) is 6.42 Å². The molecule has 0 atom stereocenters. The smallest absolute Gasteiger partial charge is 0.319 e. The number of nitrogens with two attached hydrogens (primary N) is 1. The highest BCUT2D eigenvalue weighted by Gasteiger charge is 2.23. The lowest BCUT2D eigenvalue weighted by Gasteiger charge is -2.32. The second-order valence-corrected chi connectivity index (χ2v) is 9.41. The number of ether oxygens (including phenoxy) is 1. The van der Waals surface area contributed by atoms with Crippen molar-refractivity contribution in [1.29, 1.82) is 0 Å². The summed E-state index contributed by atoms with van der Waals surface area (Å²) in [5.74, 6) is -2.60. The van der Waals surface area contributed by atoms with E-state index in [1.54, 1.807) is 6.92 Å². The number of hydrogen-bond acceptors (Lipinski definition) is 7. The molecule has 1 aromatic carbocycles. The van der Waals surface area contributed by atoms with E-state index in [0.29, 0.717) is 12.1 Å². The fraction of sp³-hybridized carbons (Fsp3) is 0.522. The van der Waals surface area contributed by atoms with E-state index in [1.165, 1.54) is 12.1 Å². The number of rotatable bonds is 11. The number of amides is 3. The number of nitrogens with zero attached hydrogens (tertiary/aromatic N) is 3. The largest absolute Gasteiger partial charge is 0.471 e. The third-order valence-corrected chi connectivity index (χ3v) is 6.55. The topological polar surface area (TPSA) is 113 Å². The molecule has 0 aliphatic carbocycles. The lowest BCUT2D eigenvalue weighted by molar-refractivity contribution is 0.0996. The van der Waals surface area contributed by atoms with E-state index in [0.717, 1.165) is 63.5 Å². The lowest BCUT2D eigenvalue weighted by atomic mass is 10.1. The first-order valence-electron chi connectivity index (χ1n) is 11.6. The van der Waals surface area contributed by atoms with Crippen molar-refractivity contribution >= 4 is 28.5 Å². The molecule has 0 radical (unpaired) electrons. The van der Waals surface area contributed by atoms with Crippen molar-refractivity contribution in [3.8, 4) is 5.88 Å². The molecule has 1 aromatic heterocycles. The maximum atomic E-state index is 14.1. The van der Waals surface area contributed by atoms with Gasteiger partial charge >= 0.3 is 6.03 Å². The minimum atomic E-state index is -0.877. The van der Waals surface area contributed by atoms with Crippen LogP contribution in [0.1, 0.15) is 40.7 Å². The molecule has 3 amide bonds. The molecular weight excluding hydrogens is 478 g/mol. The van der Waals surface area contributed by atoms with Crippen LogP contribution < -0.4 is 21.1 Å². The number of unbranched alkanes of at least 4 members (excludes halogenated alkanes) is 2. The van der Waals surface area contributed by atoms with Crippen LogP contribution >= 0.6 is 11.5 Å². The number of carbonyl (C=O) groups excluding carboxylic acids is 2. The van der Waals surface area contributed by atoms with Crippen LogP contribution in [0.15, 0.2) is 12.1 Å². The van der Waals surface area contributed by atoms with E-state index < -0.39 is 30.2 Å². The number of likely N-dealkylation sites (N-methyl/N-ethyl adjacent to an activating group) is 1. The molecule has 35 heavy (non-hydrogen) atoms. The fourth-order valence-corrected chi connectivity index (χ4v) is 4.48. The quantitative estimate of drug-likeness (QED) is 0.401. The van der Waals surface area contributed by atoms with Crippen molar-refractivity contribution < 1.29 is 23.1 Å². The van der Waals surface area contributed by atoms with Gasteiger partial charge in [0.25, 0.3) is 5.91 Å². The summed E-state index contributed by atoms with van der Waals surface area (Å²) in [4.78, 5) is 29.0. The Bertz CT molecular complexity index is 1000. The molecule has 12 heteroatoms. The first kappa shape index (κ1) is 26.8. The van der Waals surface area contributed by atoms with Crippen LogP contribution in [0.4, 0.5) is 18.6 Å². The van der Waals surface area contributed by atoms with Crippen molar-refractivity contribution in [2.75, 3.05) is 51.6 Å². The van der Waals surface area contributed by atoms with E-state index >= 15 is 0 Å². The summed E-state index contributed by atoms with van der Waals surface area (Å²) in [5.41, 5.74) is 5.42. The van der Waals surface area contributed by atoms with E-state index in [-0.39, 0.29) is 22.0 Å². The molecule has 0 bridgehead atoms. The van der Waals surface area contributed by atoms with Gasteiger partial charge in [-0.05, 0) is 62.6 Å². The summed E-state index contributed by atoms with van der Waals surface area (Å²) in [5, 5.41) is 5.40. The first-order chi connectivity index (χ1) is 16.7. The molecule has 0 saturated carbocycles. The van der Waals surface area contributed by atoms with Gasteiger partial charge in [0.15, 0.2) is 0 Å². The van der Waals surface area contributed by atoms with Crippen LogP contribution in [0.5, 0.6) is 5.88 Å². The number of carbonyl (C=O) groups is 2. The Kier molecular flexibility index (Phi) is 9.75. The second kappa shape index (κ2) is 12.8. The Morgan fingerprint density at radius 2 is 1.83 bits per heavy atom. The molecule has 192 valence electrons. The number of halogens is 2. The van der Waals surface area contributed by atoms with Gasteiger partial charge in [0.05, 0.1) is 5.56 Å². The Labute approximate surface area is 207 Å². The van der Waals surface area contributed by atoms with Gasteiger partial charge in [0, 0.05) is 32.7 Å². The third-order valence-electron chi connectivity index (χ3n) is 5.81. The predicted octanol–water partition coefficient (Wildman–Crippen LogP) is 2.95. The predicted molar refractivity (Wildman–Crippen MR) is 131 cm³/mol. The average molecular weight is 511 g/mol. The highest BCUT2D eigenvalue weighted by molar-refractivity contribution is 7.11. The Morgan fingerprint density at radius 3 is 2.49 bits per heavy atom. The van der Waals surface area contributed by atoms with Crippen LogP contribution in [-0.2, 0) is 6.61 Å². The summed E-state index contributed by atoms with van der Waals surface area (Å²) >= 11 is 0.798. The van der Waals surface area contributed by atoms with Crippen LogP contribution in [-0.4, -0.2) is 72.4 Å². The molecule has 2 heterocycles. The number of hydrogen-bond donors (Lipinski definition) is 3. The monoisotopic (exact) mass is 510 g/mol. The highest BCUT2D eigenvalue weighted by atomic mass is 32.1. The summed E-state index contributed by atoms with van der Waals surface area (Å²) in [6.07, 6.45) is 2.88. The number of piperazine rings is 1. The normalized spacial score (nSPS) is 14.6. The summed E-state index contributed by atoms with van der Waals surface area (Å²) in [6.45, 7) is 7.00. The second-order valence-electron chi connectivity index (χ2n) is 8.64. The minimum absolute atomic E-state index is 0.102. The van der Waals surface area contributed by atoms with Gasteiger partial charge in [0.1, 0.15) is 28.8 Å². The van der Waals surface area contributed by atoms with E-state index in [2.05, 4.69) is 31.9 Å². The summed E-state index contributed by atoms with van der Waals surface area (Å²) in [7, 11) is 2.13.